The molecule has 17 heavy (non-hydrogen) atoms. The molecule has 0 bridgehead atoms. The van der Waals surface area contributed by atoms with E-state index in [-0.39, 0.29) is 5.41 Å². The van der Waals surface area contributed by atoms with Crippen molar-refractivity contribution in [3.8, 4) is 0 Å². The summed E-state index contributed by atoms with van der Waals surface area (Å²) in [5.74, 6) is 1.05. The monoisotopic (exact) mass is 294 g/mol. The van der Waals surface area contributed by atoms with E-state index in [1.807, 2.05) is 6.07 Å². The first-order chi connectivity index (χ1) is 8.17. The lowest BCUT2D eigenvalue weighted by Gasteiger charge is -2.32. The number of piperidine rings is 1. The molecule has 2 aromatic heterocycles. The molecule has 1 unspecified atom stereocenters. The number of rotatable bonds is 1. The fraction of sp³-hybridized carbons (Fsp3) is 0.500. The molecule has 0 aromatic carbocycles. The van der Waals surface area contributed by atoms with Crippen LogP contribution in [-0.2, 0) is 5.41 Å². The Morgan fingerprint density at radius 1 is 1.47 bits per heavy atom. The zero-order chi connectivity index (χ0) is 11.9. The molecule has 3 heterocycles. The fourth-order valence-corrected chi connectivity index (χ4v) is 2.75. The topological polar surface area (TPSA) is 53.6 Å². The number of nitrogens with zero attached hydrogens (tertiary/aromatic N) is 2. The van der Waals surface area contributed by atoms with Crippen LogP contribution in [0.3, 0.4) is 0 Å². The molecule has 0 saturated carbocycles. The second kappa shape index (κ2) is 4.07. The summed E-state index contributed by atoms with van der Waals surface area (Å²) in [6.45, 7) is 4.35. The number of H-pyrrole nitrogens is 1. The van der Waals surface area contributed by atoms with Gasteiger partial charge in [-0.25, -0.2) is 9.97 Å². The third kappa shape index (κ3) is 1.98. The van der Waals surface area contributed by atoms with Crippen molar-refractivity contribution < 1.29 is 0 Å². The van der Waals surface area contributed by atoms with Crippen molar-refractivity contribution in [1.29, 1.82) is 0 Å². The van der Waals surface area contributed by atoms with Gasteiger partial charge in [-0.05, 0) is 41.4 Å². The number of nitrogens with one attached hydrogen (secondary N) is 2. The van der Waals surface area contributed by atoms with Gasteiger partial charge in [-0.3, -0.25) is 0 Å². The third-order valence-corrected chi connectivity index (χ3v) is 3.91. The summed E-state index contributed by atoms with van der Waals surface area (Å²) in [7, 11) is 0. The Morgan fingerprint density at radius 2 is 2.35 bits per heavy atom. The van der Waals surface area contributed by atoms with E-state index in [0.29, 0.717) is 0 Å². The summed E-state index contributed by atoms with van der Waals surface area (Å²) >= 11 is 3.43. The maximum absolute atomic E-state index is 4.62. The number of pyridine rings is 1. The summed E-state index contributed by atoms with van der Waals surface area (Å²) in [4.78, 5) is 12.3. The Bertz CT molecular complexity index is 542. The lowest BCUT2D eigenvalue weighted by molar-refractivity contribution is 0.326. The van der Waals surface area contributed by atoms with Crippen molar-refractivity contribution in [2.45, 2.75) is 25.2 Å². The van der Waals surface area contributed by atoms with Crippen LogP contribution >= 0.6 is 15.9 Å². The minimum absolute atomic E-state index is 0.103. The summed E-state index contributed by atoms with van der Waals surface area (Å²) in [5.41, 5.74) is 1.90. The van der Waals surface area contributed by atoms with Crippen LogP contribution in [0.15, 0.2) is 16.7 Å². The molecule has 2 N–H and O–H groups in total. The highest BCUT2D eigenvalue weighted by Crippen LogP contribution is 2.30. The largest absolute Gasteiger partial charge is 0.340 e. The Labute approximate surface area is 108 Å². The second-order valence-electron chi connectivity index (χ2n) is 4.95. The average Bonchev–Trinajstić information content (AvgIpc) is 2.73. The van der Waals surface area contributed by atoms with Gasteiger partial charge >= 0.3 is 0 Å². The van der Waals surface area contributed by atoms with Crippen LogP contribution in [0, 0.1) is 0 Å². The Kier molecular flexibility index (Phi) is 2.67. The van der Waals surface area contributed by atoms with Crippen LogP contribution in [0.2, 0.25) is 0 Å². The first kappa shape index (κ1) is 11.2. The third-order valence-electron chi connectivity index (χ3n) is 3.47. The highest BCUT2D eigenvalue weighted by atomic mass is 79.9. The first-order valence-corrected chi connectivity index (χ1v) is 6.69. The molecule has 0 amide bonds. The van der Waals surface area contributed by atoms with Gasteiger partial charge in [0, 0.05) is 22.6 Å². The predicted molar refractivity (Wildman–Crippen MR) is 71.0 cm³/mol. The number of fused-ring (bicyclic) bond motifs is 1. The van der Waals surface area contributed by atoms with E-state index in [1.165, 1.54) is 12.8 Å². The maximum atomic E-state index is 4.62. The van der Waals surface area contributed by atoms with Crippen molar-refractivity contribution in [3.05, 3.63) is 22.6 Å². The number of hydrogen-bond acceptors (Lipinski definition) is 3. The lowest BCUT2D eigenvalue weighted by Crippen LogP contribution is -2.41. The molecule has 2 aromatic rings. The van der Waals surface area contributed by atoms with E-state index in [2.05, 4.69) is 43.1 Å². The van der Waals surface area contributed by atoms with Crippen LogP contribution in [-0.4, -0.2) is 28.0 Å². The Hall–Kier alpha value is -0.940. The number of aromatic amines is 1. The summed E-state index contributed by atoms with van der Waals surface area (Å²) in [6, 6.07) is 2.03. The molecule has 0 radical (unpaired) electrons. The van der Waals surface area contributed by atoms with Gasteiger partial charge in [-0.15, -0.1) is 0 Å². The van der Waals surface area contributed by atoms with Crippen molar-refractivity contribution in [2.75, 3.05) is 13.1 Å². The van der Waals surface area contributed by atoms with Gasteiger partial charge in [0.15, 0.2) is 5.65 Å². The number of imidazole rings is 1. The van der Waals surface area contributed by atoms with E-state index in [1.54, 1.807) is 6.20 Å². The number of aromatic nitrogens is 3. The molecule has 1 aliphatic rings. The predicted octanol–water partition coefficient (Wildman–Crippen LogP) is 2.36. The molecule has 0 spiro atoms. The molecule has 1 saturated heterocycles. The highest BCUT2D eigenvalue weighted by Gasteiger charge is 2.31. The van der Waals surface area contributed by atoms with E-state index >= 15 is 0 Å². The van der Waals surface area contributed by atoms with E-state index in [4.69, 9.17) is 0 Å². The van der Waals surface area contributed by atoms with Gasteiger partial charge in [0.2, 0.25) is 0 Å². The lowest BCUT2D eigenvalue weighted by atomic mass is 9.82. The van der Waals surface area contributed by atoms with Crippen molar-refractivity contribution >= 4 is 27.1 Å². The zero-order valence-electron chi connectivity index (χ0n) is 9.76. The van der Waals surface area contributed by atoms with E-state index < -0.39 is 0 Å². The zero-order valence-corrected chi connectivity index (χ0v) is 11.3. The van der Waals surface area contributed by atoms with Gasteiger partial charge in [0.1, 0.15) is 5.82 Å². The maximum Gasteiger partial charge on any atom is 0.177 e. The van der Waals surface area contributed by atoms with E-state index in [0.717, 1.165) is 34.6 Å². The quantitative estimate of drug-likeness (QED) is 0.849. The molecule has 90 valence electrons. The minimum atomic E-state index is 0.103. The van der Waals surface area contributed by atoms with E-state index in [9.17, 15) is 0 Å². The van der Waals surface area contributed by atoms with Gasteiger partial charge in [-0.1, -0.05) is 6.92 Å². The average molecular weight is 295 g/mol. The molecule has 5 heteroatoms. The molecular formula is C12H15BrN4. The number of halogens is 1. The summed E-state index contributed by atoms with van der Waals surface area (Å²) in [6.07, 6.45) is 4.15. The van der Waals surface area contributed by atoms with Gasteiger partial charge in [0.05, 0.1) is 5.52 Å². The van der Waals surface area contributed by atoms with Crippen LogP contribution < -0.4 is 5.32 Å². The van der Waals surface area contributed by atoms with Crippen LogP contribution in [0.4, 0.5) is 0 Å². The summed E-state index contributed by atoms with van der Waals surface area (Å²) in [5, 5.41) is 3.44. The van der Waals surface area contributed by atoms with Gasteiger partial charge < -0.3 is 10.3 Å². The molecule has 1 atom stereocenters. The SMILES string of the molecule is CC1(c2nc3ncc(Br)cc3[nH]2)CCCNC1. The standard InChI is InChI=1S/C12H15BrN4/c1-12(3-2-4-14-7-12)11-16-9-5-8(13)6-15-10(9)17-11/h5-6,14H,2-4,7H2,1H3,(H,15,16,17). The molecular weight excluding hydrogens is 280 g/mol. The first-order valence-electron chi connectivity index (χ1n) is 5.90. The highest BCUT2D eigenvalue weighted by molar-refractivity contribution is 9.10. The molecule has 1 aliphatic heterocycles. The summed E-state index contributed by atoms with van der Waals surface area (Å²) < 4.78 is 0.979. The normalized spacial score (nSPS) is 25.3. The molecule has 4 nitrogen and oxygen atoms in total. The Morgan fingerprint density at radius 3 is 3.12 bits per heavy atom. The molecule has 3 rings (SSSR count). The van der Waals surface area contributed by atoms with Crippen molar-refractivity contribution in [1.82, 2.24) is 20.3 Å². The van der Waals surface area contributed by atoms with Gasteiger partial charge in [0.25, 0.3) is 0 Å². The Balaban J connectivity index is 2.05. The minimum Gasteiger partial charge on any atom is -0.340 e. The van der Waals surface area contributed by atoms with Crippen LogP contribution in [0.25, 0.3) is 11.2 Å². The van der Waals surface area contributed by atoms with Crippen LogP contribution in [0.1, 0.15) is 25.6 Å². The second-order valence-corrected chi connectivity index (χ2v) is 5.87. The molecule has 0 aliphatic carbocycles. The smallest absolute Gasteiger partial charge is 0.177 e. The van der Waals surface area contributed by atoms with Crippen molar-refractivity contribution in [2.24, 2.45) is 0 Å². The van der Waals surface area contributed by atoms with Crippen molar-refractivity contribution in [3.63, 3.8) is 0 Å². The van der Waals surface area contributed by atoms with Crippen LogP contribution in [0.5, 0.6) is 0 Å². The molecule has 1 fully saturated rings. The number of hydrogen-bond donors (Lipinski definition) is 2. The fourth-order valence-electron chi connectivity index (χ4n) is 2.42. The van der Waals surface area contributed by atoms with Gasteiger partial charge in [-0.2, -0.15) is 0 Å².